The van der Waals surface area contributed by atoms with Crippen LogP contribution in [0.15, 0.2) is 36.3 Å². The van der Waals surface area contributed by atoms with Crippen molar-refractivity contribution in [1.82, 2.24) is 10.2 Å². The number of morpholine rings is 1. The van der Waals surface area contributed by atoms with E-state index in [-0.39, 0.29) is 18.2 Å². The van der Waals surface area contributed by atoms with Crippen molar-refractivity contribution in [2.45, 2.75) is 13.2 Å². The van der Waals surface area contributed by atoms with Gasteiger partial charge in [0.05, 0.1) is 18.9 Å². The lowest BCUT2D eigenvalue weighted by Crippen LogP contribution is -2.47. The van der Waals surface area contributed by atoms with Gasteiger partial charge in [-0.25, -0.2) is 4.39 Å². The van der Waals surface area contributed by atoms with E-state index >= 15 is 0 Å². The van der Waals surface area contributed by atoms with Crippen molar-refractivity contribution in [1.29, 1.82) is 5.41 Å². The minimum Gasteiger partial charge on any atom is -0.379 e. The molecule has 1 aliphatic rings. The number of nitrogens with two attached hydrogens (primary N) is 1. The summed E-state index contributed by atoms with van der Waals surface area (Å²) in [6, 6.07) is 0. The van der Waals surface area contributed by atoms with Crippen molar-refractivity contribution in [3.63, 3.8) is 0 Å². The lowest BCUT2D eigenvalue weighted by Gasteiger charge is -2.31. The number of halogens is 1. The molecule has 1 heterocycles. The second kappa shape index (κ2) is 10.3. The van der Waals surface area contributed by atoms with Gasteiger partial charge in [0.1, 0.15) is 5.83 Å². The predicted molar refractivity (Wildman–Crippen MR) is 89.8 cm³/mol. The molecule has 2 atom stereocenters. The monoisotopic (exact) mass is 326 g/mol. The van der Waals surface area contributed by atoms with Crippen LogP contribution >= 0.6 is 0 Å². The molecule has 6 nitrogen and oxygen atoms in total. The van der Waals surface area contributed by atoms with Crippen molar-refractivity contribution in [2.75, 3.05) is 39.4 Å². The molecular weight excluding hydrogens is 299 g/mol. The van der Waals surface area contributed by atoms with Gasteiger partial charge in [-0.1, -0.05) is 12.7 Å². The van der Waals surface area contributed by atoms with Gasteiger partial charge in [0.2, 0.25) is 0 Å². The van der Waals surface area contributed by atoms with E-state index in [4.69, 9.17) is 15.9 Å². The third-order valence-corrected chi connectivity index (χ3v) is 3.64. The molecule has 130 valence electrons. The molecule has 0 bridgehead atoms. The zero-order chi connectivity index (χ0) is 17.2. The quantitative estimate of drug-likeness (QED) is 0.285. The number of hydrogen-bond donors (Lipinski definition) is 4. The first-order valence-electron chi connectivity index (χ1n) is 7.69. The molecule has 1 fully saturated rings. The Balaban J connectivity index is 2.51. The second-order valence-electron chi connectivity index (χ2n) is 5.38. The van der Waals surface area contributed by atoms with Gasteiger partial charge in [0.15, 0.2) is 6.23 Å². The van der Waals surface area contributed by atoms with Crippen LogP contribution in [0.4, 0.5) is 4.39 Å². The molecule has 0 radical (unpaired) electrons. The van der Waals surface area contributed by atoms with Crippen LogP contribution in [0.3, 0.4) is 0 Å². The third-order valence-electron chi connectivity index (χ3n) is 3.64. The number of ether oxygens (including phenoxy) is 1. The van der Waals surface area contributed by atoms with Crippen LogP contribution in [-0.2, 0) is 4.74 Å². The molecular formula is C16H27FN4O2. The minimum absolute atomic E-state index is 0.0973. The number of aliphatic hydroxyl groups excluding tert-OH is 1. The van der Waals surface area contributed by atoms with Crippen LogP contribution in [-0.4, -0.2) is 61.3 Å². The summed E-state index contributed by atoms with van der Waals surface area (Å²) in [5, 5.41) is 20.9. The van der Waals surface area contributed by atoms with Gasteiger partial charge in [-0.2, -0.15) is 0 Å². The third kappa shape index (κ3) is 7.04. The first-order chi connectivity index (χ1) is 11.0. The highest BCUT2D eigenvalue weighted by Crippen LogP contribution is 2.08. The fraction of sp³-hybridized carbons (Fsp3) is 0.562. The average molecular weight is 326 g/mol. The molecule has 0 amide bonds. The highest BCUT2D eigenvalue weighted by atomic mass is 19.1. The van der Waals surface area contributed by atoms with Gasteiger partial charge in [-0.15, -0.1) is 0 Å². The molecule has 1 aliphatic heterocycles. The smallest absolute Gasteiger partial charge is 0.163 e. The Kier molecular flexibility index (Phi) is 8.71. The summed E-state index contributed by atoms with van der Waals surface area (Å²) in [7, 11) is 0. The molecule has 0 aromatic rings. The van der Waals surface area contributed by atoms with Gasteiger partial charge in [0.25, 0.3) is 0 Å². The first-order valence-corrected chi connectivity index (χ1v) is 7.69. The maximum atomic E-state index is 13.0. The SMILES string of the molecule is C=C(/C=C\C(F)=C/C)N[C@@H](O)C(=N)[C@H](CN)CN1CCOCC1. The Bertz CT molecular complexity index is 459. The van der Waals surface area contributed by atoms with E-state index in [9.17, 15) is 9.50 Å². The van der Waals surface area contributed by atoms with Crippen molar-refractivity contribution in [2.24, 2.45) is 11.7 Å². The Morgan fingerprint density at radius 2 is 2.13 bits per heavy atom. The normalized spacial score (nSPS) is 19.6. The van der Waals surface area contributed by atoms with Crippen molar-refractivity contribution in [3.05, 3.63) is 36.3 Å². The van der Waals surface area contributed by atoms with Gasteiger partial charge < -0.3 is 26.3 Å². The van der Waals surface area contributed by atoms with Gasteiger partial charge >= 0.3 is 0 Å². The number of hydrogen-bond acceptors (Lipinski definition) is 6. The van der Waals surface area contributed by atoms with Crippen LogP contribution in [0.25, 0.3) is 0 Å². The van der Waals surface area contributed by atoms with Gasteiger partial charge in [-0.05, 0) is 19.1 Å². The summed E-state index contributed by atoms with van der Waals surface area (Å²) in [4.78, 5) is 2.17. The average Bonchev–Trinajstić information content (AvgIpc) is 2.57. The van der Waals surface area contributed by atoms with Gasteiger partial charge in [-0.3, -0.25) is 4.90 Å². The number of rotatable bonds is 9. The van der Waals surface area contributed by atoms with E-state index in [1.54, 1.807) is 6.92 Å². The lowest BCUT2D eigenvalue weighted by atomic mass is 10.0. The summed E-state index contributed by atoms with van der Waals surface area (Å²) in [6.45, 7) is 9.07. The van der Waals surface area contributed by atoms with E-state index in [0.29, 0.717) is 25.5 Å². The summed E-state index contributed by atoms with van der Waals surface area (Å²) in [5.41, 5.74) is 6.16. The maximum Gasteiger partial charge on any atom is 0.163 e. The van der Waals surface area contributed by atoms with Crippen molar-refractivity contribution in [3.8, 4) is 0 Å². The summed E-state index contributed by atoms with van der Waals surface area (Å²) >= 11 is 0. The number of aliphatic hydroxyl groups is 1. The first kappa shape index (κ1) is 19.5. The molecule has 7 heteroatoms. The highest BCUT2D eigenvalue weighted by molar-refractivity contribution is 5.88. The largest absolute Gasteiger partial charge is 0.379 e. The highest BCUT2D eigenvalue weighted by Gasteiger charge is 2.23. The molecule has 5 N–H and O–H groups in total. The van der Waals surface area contributed by atoms with Crippen LogP contribution in [0.1, 0.15) is 6.92 Å². The number of nitrogens with one attached hydrogen (secondary N) is 2. The zero-order valence-electron chi connectivity index (χ0n) is 13.6. The molecule has 0 unspecified atom stereocenters. The minimum atomic E-state index is -1.20. The molecule has 0 saturated carbocycles. The fourth-order valence-electron chi connectivity index (χ4n) is 2.20. The topological polar surface area (TPSA) is 94.6 Å². The summed E-state index contributed by atoms with van der Waals surface area (Å²) in [5.74, 6) is -0.663. The van der Waals surface area contributed by atoms with E-state index in [2.05, 4.69) is 16.8 Å². The lowest BCUT2D eigenvalue weighted by molar-refractivity contribution is 0.0341. The van der Waals surface area contributed by atoms with Crippen LogP contribution in [0, 0.1) is 11.3 Å². The molecule has 0 spiro atoms. The molecule has 1 rings (SSSR count). The Hall–Kier alpha value is -1.54. The van der Waals surface area contributed by atoms with Crippen LogP contribution in [0.2, 0.25) is 0 Å². The number of nitrogens with zero attached hydrogens (tertiary/aromatic N) is 1. The van der Waals surface area contributed by atoms with Crippen molar-refractivity contribution >= 4 is 5.71 Å². The van der Waals surface area contributed by atoms with Crippen LogP contribution < -0.4 is 11.1 Å². The summed E-state index contributed by atoms with van der Waals surface area (Å²) < 4.78 is 18.3. The van der Waals surface area contributed by atoms with Crippen molar-refractivity contribution < 1.29 is 14.2 Å². The fourth-order valence-corrected chi connectivity index (χ4v) is 2.20. The van der Waals surface area contributed by atoms with Gasteiger partial charge in [0, 0.05) is 37.8 Å². The molecule has 0 aromatic heterocycles. The second-order valence-corrected chi connectivity index (χ2v) is 5.38. The van der Waals surface area contributed by atoms with E-state index < -0.39 is 12.1 Å². The van der Waals surface area contributed by atoms with E-state index in [1.165, 1.54) is 18.2 Å². The summed E-state index contributed by atoms with van der Waals surface area (Å²) in [6.07, 6.45) is 2.76. The van der Waals surface area contributed by atoms with E-state index in [1.807, 2.05) is 0 Å². The molecule has 23 heavy (non-hydrogen) atoms. The Labute approximate surface area is 137 Å². The Morgan fingerprint density at radius 1 is 1.48 bits per heavy atom. The zero-order valence-corrected chi connectivity index (χ0v) is 13.6. The molecule has 0 aromatic carbocycles. The Morgan fingerprint density at radius 3 is 2.70 bits per heavy atom. The molecule has 0 aliphatic carbocycles. The maximum absolute atomic E-state index is 13.0. The van der Waals surface area contributed by atoms with E-state index in [0.717, 1.165) is 13.1 Å². The number of allylic oxidation sites excluding steroid dienone is 4. The predicted octanol–water partition coefficient (Wildman–Crippen LogP) is 0.764. The van der Waals surface area contributed by atoms with Crippen LogP contribution in [0.5, 0.6) is 0 Å². The standard InChI is InChI=1S/C16H27FN4O2/c1-3-14(17)5-4-12(2)20-16(22)15(19)13(10-18)11-21-6-8-23-9-7-21/h3-5,13,16,19-20,22H,2,6-11,18H2,1H3/b5-4-,14-3+,19-15?/t13-,16+/m1/s1. The molecule has 1 saturated heterocycles.